The van der Waals surface area contributed by atoms with Crippen molar-refractivity contribution >= 4 is 22.8 Å². The molecule has 1 aliphatic carbocycles. The first kappa shape index (κ1) is 21.9. The van der Waals surface area contributed by atoms with Gasteiger partial charge in [0.25, 0.3) is 5.56 Å². The van der Waals surface area contributed by atoms with E-state index >= 15 is 0 Å². The summed E-state index contributed by atoms with van der Waals surface area (Å²) in [7, 11) is 1.68. The van der Waals surface area contributed by atoms with Gasteiger partial charge in [-0.25, -0.2) is 4.98 Å². The van der Waals surface area contributed by atoms with Crippen LogP contribution in [0, 0.1) is 13.8 Å². The summed E-state index contributed by atoms with van der Waals surface area (Å²) in [6.45, 7) is 4.09. The van der Waals surface area contributed by atoms with Gasteiger partial charge >= 0.3 is 0 Å². The van der Waals surface area contributed by atoms with Gasteiger partial charge in [-0.2, -0.15) is 5.10 Å². The van der Waals surface area contributed by atoms with Crippen LogP contribution in [-0.2, 0) is 6.42 Å². The van der Waals surface area contributed by atoms with Gasteiger partial charge in [-0.1, -0.05) is 24.3 Å². The maximum Gasteiger partial charge on any atom is 0.261 e. The van der Waals surface area contributed by atoms with Gasteiger partial charge < -0.3 is 10.9 Å². The molecule has 3 aromatic rings. The molecule has 1 fully saturated rings. The molecule has 2 aromatic carbocycles. The number of aromatic nitrogens is 2. The Labute approximate surface area is 187 Å². The van der Waals surface area contributed by atoms with Crippen molar-refractivity contribution in [2.45, 2.75) is 51.7 Å². The van der Waals surface area contributed by atoms with Crippen molar-refractivity contribution in [2.24, 2.45) is 15.9 Å². The minimum Gasteiger partial charge on any atom is -0.391 e. The summed E-state index contributed by atoms with van der Waals surface area (Å²) in [5, 5.41) is 14.7. The normalized spacial score (nSPS) is 19.3. The second-order valence-corrected chi connectivity index (χ2v) is 8.48. The lowest BCUT2D eigenvalue weighted by molar-refractivity contribution is 0.134. The number of aryl methyl sites for hydroxylation is 1. The molecular weight excluding hydrogens is 402 g/mol. The van der Waals surface area contributed by atoms with Crippen LogP contribution in [0.4, 0.5) is 0 Å². The molecule has 1 saturated carbocycles. The number of hydrogen-bond donors (Lipinski definition) is 2. The highest BCUT2D eigenvalue weighted by atomic mass is 16.3. The Bertz CT molecular complexity index is 1260. The topological polar surface area (TPSA) is 106 Å². The Morgan fingerprint density at radius 1 is 1.25 bits per heavy atom. The smallest absolute Gasteiger partial charge is 0.261 e. The fraction of sp³-hybridized carbons (Fsp3) is 0.360. The highest BCUT2D eigenvalue weighted by Gasteiger charge is 2.28. The Balaban J connectivity index is 1.72. The number of hydrogen-bond acceptors (Lipinski definition) is 6. The summed E-state index contributed by atoms with van der Waals surface area (Å²) in [5.74, 6) is 5.47. The van der Waals surface area contributed by atoms with Crippen LogP contribution in [-0.4, -0.2) is 39.7 Å². The Morgan fingerprint density at radius 2 is 2.00 bits per heavy atom. The van der Waals surface area contributed by atoms with E-state index in [0.717, 1.165) is 52.6 Å². The molecule has 3 N–H and O–H groups in total. The molecular formula is C25H29N5O2. The van der Waals surface area contributed by atoms with Gasteiger partial charge in [-0.05, 0) is 67.9 Å². The number of rotatable bonds is 5. The highest BCUT2D eigenvalue weighted by molar-refractivity contribution is 6.38. The maximum absolute atomic E-state index is 13.3. The number of hydrazone groups is 1. The average molecular weight is 432 g/mol. The number of nitrogens with two attached hydrogens (primary N) is 1. The zero-order valence-corrected chi connectivity index (χ0v) is 18.7. The molecule has 166 valence electrons. The predicted molar refractivity (Wildman–Crippen MR) is 129 cm³/mol. The SMILES string of the molecule is CN=CC(=NN)c1ccc(Cc2cc3c(=O)n([C@@H]4CCC[C@H]4O)cnc3c(C)c2C)cc1. The van der Waals surface area contributed by atoms with Crippen molar-refractivity contribution in [3.05, 3.63) is 74.8 Å². The minimum atomic E-state index is -0.490. The van der Waals surface area contributed by atoms with Crippen LogP contribution in [0.25, 0.3) is 10.9 Å². The molecule has 0 spiro atoms. The fourth-order valence-corrected chi connectivity index (χ4v) is 4.60. The number of nitrogens with zero attached hydrogens (tertiary/aromatic N) is 4. The van der Waals surface area contributed by atoms with Crippen LogP contribution in [0.3, 0.4) is 0 Å². The first-order valence-electron chi connectivity index (χ1n) is 10.9. The molecule has 32 heavy (non-hydrogen) atoms. The fourth-order valence-electron chi connectivity index (χ4n) is 4.60. The van der Waals surface area contributed by atoms with E-state index in [0.29, 0.717) is 17.5 Å². The molecule has 0 aliphatic heterocycles. The zero-order valence-electron chi connectivity index (χ0n) is 18.7. The number of aliphatic hydroxyl groups excluding tert-OH is 1. The number of aliphatic imine (C=N–C) groups is 1. The Kier molecular flexibility index (Phi) is 6.19. The van der Waals surface area contributed by atoms with Gasteiger partial charge in [0.15, 0.2) is 0 Å². The lowest BCUT2D eigenvalue weighted by Crippen LogP contribution is -2.29. The molecule has 0 unspecified atom stereocenters. The summed E-state index contributed by atoms with van der Waals surface area (Å²) in [6, 6.07) is 9.81. The minimum absolute atomic E-state index is 0.0803. The maximum atomic E-state index is 13.3. The van der Waals surface area contributed by atoms with Crippen LogP contribution in [0.5, 0.6) is 0 Å². The third-order valence-corrected chi connectivity index (χ3v) is 6.59. The number of fused-ring (bicyclic) bond motifs is 1. The van der Waals surface area contributed by atoms with Gasteiger partial charge in [0.2, 0.25) is 0 Å². The second kappa shape index (κ2) is 9.04. The molecule has 0 bridgehead atoms. The lowest BCUT2D eigenvalue weighted by Gasteiger charge is -2.19. The van der Waals surface area contributed by atoms with Crippen molar-refractivity contribution in [3.63, 3.8) is 0 Å². The lowest BCUT2D eigenvalue weighted by atomic mass is 9.94. The zero-order chi connectivity index (χ0) is 22.8. The third kappa shape index (κ3) is 3.96. The van der Waals surface area contributed by atoms with Crippen LogP contribution in [0.1, 0.15) is 53.1 Å². The molecule has 1 aliphatic rings. The average Bonchev–Trinajstić information content (AvgIpc) is 3.22. The molecule has 1 heterocycles. The quantitative estimate of drug-likeness (QED) is 0.368. The highest BCUT2D eigenvalue weighted by Crippen LogP contribution is 2.30. The number of aliphatic hydroxyl groups is 1. The van der Waals surface area contributed by atoms with Crippen molar-refractivity contribution in [1.82, 2.24) is 9.55 Å². The first-order valence-corrected chi connectivity index (χ1v) is 10.9. The molecule has 7 nitrogen and oxygen atoms in total. The van der Waals surface area contributed by atoms with Crippen LogP contribution in [0.15, 0.2) is 51.5 Å². The van der Waals surface area contributed by atoms with Gasteiger partial charge in [-0.3, -0.25) is 14.4 Å². The molecule has 0 saturated heterocycles. The van der Waals surface area contributed by atoms with Crippen molar-refractivity contribution in [2.75, 3.05) is 7.05 Å². The summed E-state index contributed by atoms with van der Waals surface area (Å²) in [6.07, 6.45) is 5.89. The molecule has 0 amide bonds. The number of benzene rings is 2. The van der Waals surface area contributed by atoms with E-state index in [2.05, 4.69) is 22.0 Å². The van der Waals surface area contributed by atoms with Crippen LogP contribution >= 0.6 is 0 Å². The van der Waals surface area contributed by atoms with Gasteiger partial charge in [0.1, 0.15) is 5.71 Å². The van der Waals surface area contributed by atoms with Crippen molar-refractivity contribution in [3.8, 4) is 0 Å². The van der Waals surface area contributed by atoms with E-state index in [1.165, 1.54) is 0 Å². The van der Waals surface area contributed by atoms with Crippen LogP contribution < -0.4 is 11.4 Å². The monoisotopic (exact) mass is 431 g/mol. The second-order valence-electron chi connectivity index (χ2n) is 8.48. The van der Waals surface area contributed by atoms with Gasteiger partial charge in [-0.15, -0.1) is 0 Å². The Hall–Kier alpha value is -3.32. The molecule has 7 heteroatoms. The summed E-state index contributed by atoms with van der Waals surface area (Å²) < 4.78 is 1.62. The van der Waals surface area contributed by atoms with E-state index in [1.807, 2.05) is 37.3 Å². The van der Waals surface area contributed by atoms with E-state index < -0.39 is 6.10 Å². The predicted octanol–water partition coefficient (Wildman–Crippen LogP) is 3.05. The summed E-state index contributed by atoms with van der Waals surface area (Å²) in [4.78, 5) is 21.9. The van der Waals surface area contributed by atoms with Crippen LogP contribution in [0.2, 0.25) is 0 Å². The molecule has 0 radical (unpaired) electrons. The van der Waals surface area contributed by atoms with Crippen molar-refractivity contribution < 1.29 is 5.11 Å². The standard InChI is InChI=1S/C25H29N5O2/c1-15-16(2)24-20(25(32)30(14-28-24)22-5-4-6-23(22)31)12-19(15)11-17-7-9-18(10-8-17)21(29-26)13-27-3/h7-10,12-14,22-23,31H,4-6,11,26H2,1-3H3/t22-,23-/m1/s1. The molecule has 2 atom stereocenters. The van der Waals surface area contributed by atoms with Gasteiger partial charge in [0.05, 0.1) is 29.4 Å². The summed E-state index contributed by atoms with van der Waals surface area (Å²) >= 11 is 0. The van der Waals surface area contributed by atoms with E-state index in [9.17, 15) is 9.90 Å². The van der Waals surface area contributed by atoms with E-state index in [-0.39, 0.29) is 11.6 Å². The molecule has 1 aromatic heterocycles. The third-order valence-electron chi connectivity index (χ3n) is 6.59. The van der Waals surface area contributed by atoms with E-state index in [1.54, 1.807) is 24.2 Å². The Morgan fingerprint density at radius 3 is 2.62 bits per heavy atom. The van der Waals surface area contributed by atoms with E-state index in [4.69, 9.17) is 5.84 Å². The summed E-state index contributed by atoms with van der Waals surface area (Å²) in [5.41, 5.74) is 6.54. The van der Waals surface area contributed by atoms with Gasteiger partial charge in [0, 0.05) is 18.8 Å². The first-order chi connectivity index (χ1) is 15.4. The largest absolute Gasteiger partial charge is 0.391 e. The molecule has 4 rings (SSSR count). The van der Waals surface area contributed by atoms with Crippen molar-refractivity contribution in [1.29, 1.82) is 0 Å².